The molecule has 10 rings (SSSR count). The van der Waals surface area contributed by atoms with Crippen LogP contribution in [0.15, 0.2) is 85.2 Å². The number of halogens is 8. The van der Waals surface area contributed by atoms with Crippen molar-refractivity contribution in [3.8, 4) is 33.8 Å². The Morgan fingerprint density at radius 3 is 1.33 bits per heavy atom. The van der Waals surface area contributed by atoms with Crippen molar-refractivity contribution in [3.05, 3.63) is 117 Å². The first-order valence-electron chi connectivity index (χ1n) is 20.5. The molecule has 6 aromatic rings. The van der Waals surface area contributed by atoms with Gasteiger partial charge >= 0.3 is 12.4 Å². The van der Waals surface area contributed by atoms with Crippen LogP contribution >= 0.6 is 23.2 Å². The van der Waals surface area contributed by atoms with Crippen molar-refractivity contribution < 1.29 is 45.4 Å². The van der Waals surface area contributed by atoms with Gasteiger partial charge in [0.25, 0.3) is 11.8 Å². The van der Waals surface area contributed by atoms with Crippen LogP contribution in [0, 0.1) is 0 Å². The Kier molecular flexibility index (Phi) is 11.8. The number of piperazine rings is 2. The van der Waals surface area contributed by atoms with E-state index in [0.29, 0.717) is 93.6 Å². The van der Waals surface area contributed by atoms with Gasteiger partial charge in [0.1, 0.15) is 11.5 Å². The van der Waals surface area contributed by atoms with Crippen LogP contribution in [-0.4, -0.2) is 96.1 Å². The summed E-state index contributed by atoms with van der Waals surface area (Å²) in [6.07, 6.45) is -6.49. The molecule has 10 nitrogen and oxygen atoms in total. The van der Waals surface area contributed by atoms with E-state index in [4.69, 9.17) is 32.7 Å². The Balaban J connectivity index is 0.000000162. The van der Waals surface area contributed by atoms with Crippen molar-refractivity contribution in [1.82, 2.24) is 30.4 Å². The number of pyridine rings is 2. The van der Waals surface area contributed by atoms with Crippen LogP contribution in [0.3, 0.4) is 0 Å². The van der Waals surface area contributed by atoms with Crippen LogP contribution in [0.4, 0.5) is 26.3 Å². The normalized spacial score (nSPS) is 18.5. The number of nitrogens with one attached hydrogen (secondary N) is 2. The number of carbonyl (C=O) groups excluding carboxylic acids is 2. The molecule has 0 aliphatic carbocycles. The van der Waals surface area contributed by atoms with Crippen molar-refractivity contribution in [2.45, 2.75) is 37.4 Å². The first kappa shape index (κ1) is 43.6. The van der Waals surface area contributed by atoms with Crippen molar-refractivity contribution in [2.24, 2.45) is 0 Å². The molecular weight excluding hydrogens is 885 g/mol. The maximum Gasteiger partial charge on any atom is 0.416 e. The molecule has 2 fully saturated rings. The zero-order valence-electron chi connectivity index (χ0n) is 33.8. The second-order valence-electron chi connectivity index (χ2n) is 15.8. The molecule has 2 N–H and O–H groups in total. The Hall–Kier alpha value is -5.68. The molecule has 0 bridgehead atoms. The van der Waals surface area contributed by atoms with E-state index < -0.39 is 35.7 Å². The molecular formula is C46H38Cl2F6N6O4. The number of rotatable bonds is 4. The Labute approximate surface area is 372 Å². The number of carbonyl (C=O) groups is 2. The quantitative estimate of drug-likeness (QED) is 0.169. The monoisotopic (exact) mass is 922 g/mol. The summed E-state index contributed by atoms with van der Waals surface area (Å²) < 4.78 is 91.1. The van der Waals surface area contributed by atoms with Gasteiger partial charge in [0.05, 0.1) is 22.2 Å². The number of alkyl halides is 6. The lowest BCUT2D eigenvalue weighted by molar-refractivity contribution is -0.139. The number of ether oxygens (including phenoxy) is 2. The number of nitrogens with zero attached hydrogens (tertiary/aromatic N) is 4. The van der Waals surface area contributed by atoms with Crippen molar-refractivity contribution in [1.29, 1.82) is 0 Å². The van der Waals surface area contributed by atoms with Gasteiger partial charge in [-0.05, 0) is 71.8 Å². The van der Waals surface area contributed by atoms with Gasteiger partial charge in [0.2, 0.25) is 0 Å². The number of hydrogen-bond donors (Lipinski definition) is 2. The third-order valence-electron chi connectivity index (χ3n) is 11.7. The van der Waals surface area contributed by atoms with Gasteiger partial charge in [-0.1, -0.05) is 35.3 Å². The largest absolute Gasteiger partial charge is 0.479 e. The smallest absolute Gasteiger partial charge is 0.416 e. The van der Waals surface area contributed by atoms with Crippen LogP contribution < -0.4 is 20.1 Å². The summed E-state index contributed by atoms with van der Waals surface area (Å²) in [5.74, 6) is 0.934. The summed E-state index contributed by atoms with van der Waals surface area (Å²) in [6, 6.07) is 17.4. The third-order valence-corrected chi connectivity index (χ3v) is 12.2. The van der Waals surface area contributed by atoms with E-state index in [9.17, 15) is 35.9 Å². The van der Waals surface area contributed by atoms with E-state index in [1.54, 1.807) is 46.2 Å². The van der Waals surface area contributed by atoms with E-state index in [1.807, 2.05) is 0 Å². The summed E-state index contributed by atoms with van der Waals surface area (Å²) in [4.78, 5) is 37.8. The lowest BCUT2D eigenvalue weighted by atomic mass is 9.97. The first-order valence-corrected chi connectivity index (χ1v) is 21.3. The third kappa shape index (κ3) is 8.75. The fourth-order valence-electron chi connectivity index (χ4n) is 8.62. The second kappa shape index (κ2) is 17.4. The molecule has 0 saturated carbocycles. The minimum absolute atomic E-state index is 0.0702. The number of fused-ring (bicyclic) bond motifs is 4. The molecule has 0 radical (unpaired) electrons. The van der Waals surface area contributed by atoms with Crippen molar-refractivity contribution >= 4 is 56.8 Å². The van der Waals surface area contributed by atoms with E-state index >= 15 is 0 Å². The molecule has 4 aliphatic heterocycles. The highest BCUT2D eigenvalue weighted by molar-refractivity contribution is 6.31. The maximum atomic E-state index is 13.1. The summed E-state index contributed by atoms with van der Waals surface area (Å²) in [7, 11) is 0. The van der Waals surface area contributed by atoms with E-state index in [1.165, 1.54) is 24.5 Å². The van der Waals surface area contributed by atoms with Crippen LogP contribution in [0.25, 0.3) is 44.1 Å². The highest BCUT2D eigenvalue weighted by Crippen LogP contribution is 2.46. The second-order valence-corrected chi connectivity index (χ2v) is 16.7. The zero-order chi connectivity index (χ0) is 44.9. The van der Waals surface area contributed by atoms with Gasteiger partial charge in [-0.25, -0.2) is 0 Å². The van der Waals surface area contributed by atoms with Crippen molar-refractivity contribution in [3.63, 3.8) is 0 Å². The molecule has 2 amide bonds. The number of aromatic nitrogens is 2. The average Bonchev–Trinajstić information content (AvgIpc) is 3.92. The number of hydrogen-bond acceptors (Lipinski definition) is 8. The molecule has 0 spiro atoms. The standard InChI is InChI=1S/2C23H19ClF3N3O2/c2*24-15-9-13-10-20(22(31)30-7-5-28-6-8-30)32-21(13)18(12-15)16-3-4-29-19-11-14(23(25,26)27)1-2-17(16)19/h2*1-4,9,11-12,20,28H,5-8,10H2/t2*20-/m10/s1. The Morgan fingerprint density at radius 1 is 0.562 bits per heavy atom. The molecule has 6 heterocycles. The van der Waals surface area contributed by atoms with Gasteiger partial charge in [-0.2, -0.15) is 26.3 Å². The molecule has 332 valence electrons. The van der Waals surface area contributed by atoms with Gasteiger partial charge in [-0.3, -0.25) is 19.6 Å². The predicted molar refractivity (Wildman–Crippen MR) is 230 cm³/mol. The maximum absolute atomic E-state index is 13.1. The Bertz CT molecular complexity index is 2610. The van der Waals surface area contributed by atoms with E-state index in [0.717, 1.165) is 61.6 Å². The van der Waals surface area contributed by atoms with Crippen molar-refractivity contribution in [2.75, 3.05) is 52.4 Å². The zero-order valence-corrected chi connectivity index (χ0v) is 35.3. The molecule has 2 aromatic heterocycles. The SMILES string of the molecule is O=C([C@@H]1Cc2cc(Cl)cc(-c3ccnc4cc(C(F)(F)F)ccc34)c2O1)N1CCNCC1.O=C([C@H]1Cc2cc(Cl)cc(-c3ccnc4cc(C(F)(F)F)ccc34)c2O1)N1CCNCC1. The predicted octanol–water partition coefficient (Wildman–Crippen LogP) is 8.62. The molecule has 64 heavy (non-hydrogen) atoms. The highest BCUT2D eigenvalue weighted by atomic mass is 35.5. The topological polar surface area (TPSA) is 109 Å². The highest BCUT2D eigenvalue weighted by Gasteiger charge is 2.38. The van der Waals surface area contributed by atoms with Gasteiger partial charge in [0, 0.05) is 121 Å². The molecule has 2 atom stereocenters. The van der Waals surface area contributed by atoms with Gasteiger partial charge < -0.3 is 29.9 Å². The van der Waals surface area contributed by atoms with Gasteiger partial charge in [0.15, 0.2) is 12.2 Å². The van der Waals surface area contributed by atoms with E-state index in [-0.39, 0.29) is 22.8 Å². The van der Waals surface area contributed by atoms with E-state index in [2.05, 4.69) is 20.6 Å². The Morgan fingerprint density at radius 2 is 0.953 bits per heavy atom. The molecule has 0 unspecified atom stereocenters. The summed E-state index contributed by atoms with van der Waals surface area (Å²) in [6.45, 7) is 5.46. The summed E-state index contributed by atoms with van der Waals surface area (Å²) >= 11 is 12.7. The van der Waals surface area contributed by atoms with Crippen LogP contribution in [0.1, 0.15) is 22.3 Å². The number of amides is 2. The fourth-order valence-corrected chi connectivity index (χ4v) is 9.10. The summed E-state index contributed by atoms with van der Waals surface area (Å²) in [5.41, 5.74) is 3.10. The summed E-state index contributed by atoms with van der Waals surface area (Å²) in [5, 5.41) is 8.46. The molecule has 4 aliphatic rings. The molecule has 2 saturated heterocycles. The average molecular weight is 924 g/mol. The van der Waals surface area contributed by atoms with Gasteiger partial charge in [-0.15, -0.1) is 0 Å². The fraction of sp³-hybridized carbons (Fsp3) is 0.304. The minimum atomic E-state index is -4.45. The first-order chi connectivity index (χ1) is 30.6. The minimum Gasteiger partial charge on any atom is -0.479 e. The van der Waals surface area contributed by atoms with Crippen LogP contribution in [0.2, 0.25) is 10.0 Å². The lowest BCUT2D eigenvalue weighted by Crippen LogP contribution is -2.50. The molecule has 4 aromatic carbocycles. The van der Waals surface area contributed by atoms with Crippen LogP contribution in [0.5, 0.6) is 11.5 Å². The lowest BCUT2D eigenvalue weighted by Gasteiger charge is -2.29. The molecule has 18 heteroatoms. The van der Waals surface area contributed by atoms with Crippen LogP contribution in [-0.2, 0) is 34.8 Å². The number of benzene rings is 4.